The molecule has 1 aromatic carbocycles. The maximum absolute atomic E-state index is 5.39. The molecule has 1 nitrogen and oxygen atoms in total. The lowest BCUT2D eigenvalue weighted by atomic mass is 10.1. The van der Waals surface area contributed by atoms with Gasteiger partial charge in [0.25, 0.3) is 0 Å². The minimum atomic E-state index is 0.724. The molecule has 0 aromatic heterocycles. The number of benzene rings is 1. The summed E-state index contributed by atoms with van der Waals surface area (Å²) in [5.41, 5.74) is 9.04. The van der Waals surface area contributed by atoms with Crippen LogP contribution in [0.15, 0.2) is 18.2 Å². The second-order valence-electron chi connectivity index (χ2n) is 3.57. The van der Waals surface area contributed by atoms with Crippen LogP contribution in [-0.4, -0.2) is 6.54 Å². The van der Waals surface area contributed by atoms with E-state index in [1.165, 1.54) is 11.1 Å². The van der Waals surface area contributed by atoms with Crippen LogP contribution in [0.4, 0.5) is 0 Å². The van der Waals surface area contributed by atoms with Gasteiger partial charge in [-0.2, -0.15) is 0 Å². The monoisotopic (exact) mass is 187 g/mol. The maximum Gasteiger partial charge on any atom is 0.0250 e. The van der Waals surface area contributed by atoms with Gasteiger partial charge in [0, 0.05) is 12.0 Å². The van der Waals surface area contributed by atoms with Crippen molar-refractivity contribution in [2.75, 3.05) is 6.54 Å². The normalized spacial score (nSPS) is 9.36. The molecule has 0 radical (unpaired) electrons. The average Bonchev–Trinajstić information content (AvgIpc) is 2.11. The summed E-state index contributed by atoms with van der Waals surface area (Å²) in [4.78, 5) is 0. The molecule has 1 aromatic rings. The summed E-state index contributed by atoms with van der Waals surface area (Å²) in [5, 5.41) is 0. The van der Waals surface area contributed by atoms with Crippen molar-refractivity contribution >= 4 is 0 Å². The van der Waals surface area contributed by atoms with Crippen LogP contribution in [0.2, 0.25) is 0 Å². The van der Waals surface area contributed by atoms with Gasteiger partial charge in [0.15, 0.2) is 0 Å². The van der Waals surface area contributed by atoms with Crippen LogP contribution in [0, 0.1) is 25.7 Å². The van der Waals surface area contributed by atoms with E-state index >= 15 is 0 Å². The first-order valence-electron chi connectivity index (χ1n) is 4.99. The fraction of sp³-hybridized carbons (Fsp3) is 0.385. The van der Waals surface area contributed by atoms with E-state index in [1.807, 2.05) is 0 Å². The van der Waals surface area contributed by atoms with Gasteiger partial charge in [-0.05, 0) is 50.1 Å². The number of hydrogen-bond acceptors (Lipinski definition) is 1. The van der Waals surface area contributed by atoms with Crippen LogP contribution < -0.4 is 5.73 Å². The number of hydrogen-bond donors (Lipinski definition) is 1. The number of unbranched alkanes of at least 4 members (excludes halogenated alkanes) is 1. The zero-order valence-corrected chi connectivity index (χ0v) is 8.93. The van der Waals surface area contributed by atoms with Crippen LogP contribution in [0.1, 0.15) is 29.5 Å². The fourth-order valence-electron chi connectivity index (χ4n) is 1.40. The molecule has 0 aliphatic rings. The molecule has 0 spiro atoms. The molecule has 0 unspecified atom stereocenters. The minimum absolute atomic E-state index is 0.724. The van der Waals surface area contributed by atoms with Gasteiger partial charge in [0.05, 0.1) is 0 Å². The van der Waals surface area contributed by atoms with Crippen LogP contribution in [0.5, 0.6) is 0 Å². The standard InChI is InChI=1S/C13H17N/c1-11-8-12(2)10-13(9-11)6-4-3-5-7-14/h8-10H,3,5,7,14H2,1-2H3. The summed E-state index contributed by atoms with van der Waals surface area (Å²) < 4.78 is 0. The van der Waals surface area contributed by atoms with E-state index in [2.05, 4.69) is 43.9 Å². The van der Waals surface area contributed by atoms with Crippen molar-refractivity contribution < 1.29 is 0 Å². The lowest BCUT2D eigenvalue weighted by Crippen LogP contribution is -1.96. The van der Waals surface area contributed by atoms with Gasteiger partial charge in [-0.15, -0.1) is 0 Å². The highest BCUT2D eigenvalue weighted by Crippen LogP contribution is 2.07. The van der Waals surface area contributed by atoms with Crippen LogP contribution in [0.3, 0.4) is 0 Å². The van der Waals surface area contributed by atoms with Crippen molar-refractivity contribution in [2.24, 2.45) is 5.73 Å². The van der Waals surface area contributed by atoms with Gasteiger partial charge >= 0.3 is 0 Å². The second-order valence-corrected chi connectivity index (χ2v) is 3.57. The quantitative estimate of drug-likeness (QED) is 0.558. The number of nitrogens with two attached hydrogens (primary N) is 1. The molecule has 0 atom stereocenters. The van der Waals surface area contributed by atoms with Crippen LogP contribution >= 0.6 is 0 Å². The smallest absolute Gasteiger partial charge is 0.0250 e. The summed E-state index contributed by atoms with van der Waals surface area (Å²) in [6, 6.07) is 6.38. The zero-order chi connectivity index (χ0) is 10.4. The molecule has 0 saturated carbocycles. The average molecular weight is 187 g/mol. The van der Waals surface area contributed by atoms with E-state index in [9.17, 15) is 0 Å². The zero-order valence-electron chi connectivity index (χ0n) is 8.93. The molecule has 74 valence electrons. The maximum atomic E-state index is 5.39. The van der Waals surface area contributed by atoms with Gasteiger partial charge in [0.2, 0.25) is 0 Å². The highest BCUT2D eigenvalue weighted by molar-refractivity contribution is 5.39. The second kappa shape index (κ2) is 5.47. The Labute approximate surface area is 86.3 Å². The van der Waals surface area contributed by atoms with Crippen molar-refractivity contribution in [3.63, 3.8) is 0 Å². The molecule has 0 aliphatic heterocycles. The Hall–Kier alpha value is -1.26. The Bertz CT molecular complexity index is 335. The van der Waals surface area contributed by atoms with Crippen molar-refractivity contribution in [1.29, 1.82) is 0 Å². The first-order chi connectivity index (χ1) is 6.72. The molecule has 14 heavy (non-hydrogen) atoms. The first kappa shape index (κ1) is 10.8. The van der Waals surface area contributed by atoms with Crippen molar-refractivity contribution in [3.8, 4) is 11.8 Å². The largest absolute Gasteiger partial charge is 0.330 e. The Kier molecular flexibility index (Phi) is 4.22. The molecule has 2 N–H and O–H groups in total. The molecule has 0 aliphatic carbocycles. The van der Waals surface area contributed by atoms with Gasteiger partial charge in [-0.3, -0.25) is 0 Å². The molecular weight excluding hydrogens is 170 g/mol. The highest BCUT2D eigenvalue weighted by atomic mass is 14.5. The molecule has 0 bridgehead atoms. The number of aryl methyl sites for hydroxylation is 2. The molecular formula is C13H17N. The molecule has 0 heterocycles. The molecule has 1 rings (SSSR count). The van der Waals surface area contributed by atoms with E-state index < -0.39 is 0 Å². The van der Waals surface area contributed by atoms with Gasteiger partial charge in [0.1, 0.15) is 0 Å². The summed E-state index contributed by atoms with van der Waals surface area (Å²) in [6.07, 6.45) is 1.88. The summed E-state index contributed by atoms with van der Waals surface area (Å²) in [6.45, 7) is 4.91. The number of rotatable bonds is 2. The third-order valence-corrected chi connectivity index (χ3v) is 1.96. The fourth-order valence-corrected chi connectivity index (χ4v) is 1.40. The highest BCUT2D eigenvalue weighted by Gasteiger charge is 1.91. The van der Waals surface area contributed by atoms with Gasteiger partial charge in [-0.25, -0.2) is 0 Å². The van der Waals surface area contributed by atoms with Crippen molar-refractivity contribution in [2.45, 2.75) is 26.7 Å². The van der Waals surface area contributed by atoms with E-state index in [1.54, 1.807) is 0 Å². The van der Waals surface area contributed by atoms with E-state index in [0.29, 0.717) is 0 Å². The Morgan fingerprint density at radius 3 is 2.36 bits per heavy atom. The Morgan fingerprint density at radius 2 is 1.79 bits per heavy atom. The first-order valence-corrected chi connectivity index (χ1v) is 4.99. The van der Waals surface area contributed by atoms with Crippen molar-refractivity contribution in [3.05, 3.63) is 34.9 Å². The third-order valence-electron chi connectivity index (χ3n) is 1.96. The van der Waals surface area contributed by atoms with E-state index in [4.69, 9.17) is 5.73 Å². The van der Waals surface area contributed by atoms with E-state index in [-0.39, 0.29) is 0 Å². The summed E-state index contributed by atoms with van der Waals surface area (Å²) >= 11 is 0. The molecule has 1 heteroatoms. The predicted molar refractivity (Wildman–Crippen MR) is 61.1 cm³/mol. The Balaban J connectivity index is 2.69. The minimum Gasteiger partial charge on any atom is -0.330 e. The van der Waals surface area contributed by atoms with Crippen LogP contribution in [0.25, 0.3) is 0 Å². The third kappa shape index (κ3) is 3.64. The Morgan fingerprint density at radius 1 is 1.14 bits per heavy atom. The van der Waals surface area contributed by atoms with Gasteiger partial charge in [-0.1, -0.05) is 17.9 Å². The molecule has 0 saturated heterocycles. The van der Waals surface area contributed by atoms with Gasteiger partial charge < -0.3 is 5.73 Å². The summed E-state index contributed by atoms with van der Waals surface area (Å²) in [5.74, 6) is 6.28. The SMILES string of the molecule is Cc1cc(C)cc(C#CCCCN)c1. The molecule has 0 amide bonds. The predicted octanol–water partition coefficient (Wildman–Crippen LogP) is 2.39. The summed E-state index contributed by atoms with van der Waals surface area (Å²) in [7, 11) is 0. The van der Waals surface area contributed by atoms with Crippen molar-refractivity contribution in [1.82, 2.24) is 0 Å². The lowest BCUT2D eigenvalue weighted by Gasteiger charge is -1.97. The van der Waals surface area contributed by atoms with Crippen LogP contribution in [-0.2, 0) is 0 Å². The topological polar surface area (TPSA) is 26.0 Å². The van der Waals surface area contributed by atoms with E-state index in [0.717, 1.165) is 24.9 Å². The lowest BCUT2D eigenvalue weighted by molar-refractivity contribution is 0.870. The molecule has 0 fully saturated rings.